The van der Waals surface area contributed by atoms with Crippen LogP contribution in [0.25, 0.3) is 6.08 Å². The Kier molecular flexibility index (Phi) is 8.21. The number of nitrogens with zero attached hydrogens (tertiary/aromatic N) is 1. The van der Waals surface area contributed by atoms with Crippen molar-refractivity contribution in [2.45, 2.75) is 20.1 Å². The predicted molar refractivity (Wildman–Crippen MR) is 137 cm³/mol. The van der Waals surface area contributed by atoms with E-state index in [2.05, 4.69) is 10.1 Å². The van der Waals surface area contributed by atoms with Crippen molar-refractivity contribution in [1.29, 1.82) is 0 Å². The number of carbonyl (C=O) groups is 4. The fourth-order valence-corrected chi connectivity index (χ4v) is 4.01. The van der Waals surface area contributed by atoms with E-state index >= 15 is 0 Å². The van der Waals surface area contributed by atoms with Gasteiger partial charge < -0.3 is 29.1 Å². The van der Waals surface area contributed by atoms with Crippen LogP contribution in [0.4, 0.5) is 4.79 Å². The number of furan rings is 1. The third-order valence-corrected chi connectivity index (χ3v) is 5.81. The van der Waals surface area contributed by atoms with Gasteiger partial charge >= 0.3 is 18.0 Å². The second-order valence-electron chi connectivity index (χ2n) is 8.19. The molecule has 2 N–H and O–H groups in total. The van der Waals surface area contributed by atoms with Gasteiger partial charge in [0.15, 0.2) is 11.5 Å². The van der Waals surface area contributed by atoms with Gasteiger partial charge in [-0.05, 0) is 60.5 Å². The molecule has 2 heterocycles. The summed E-state index contributed by atoms with van der Waals surface area (Å²) in [5.41, 5.74) is 1.20. The summed E-state index contributed by atoms with van der Waals surface area (Å²) in [5, 5.41) is 11.9. The van der Waals surface area contributed by atoms with Gasteiger partial charge in [0, 0.05) is 0 Å². The van der Waals surface area contributed by atoms with Crippen LogP contribution in [0.3, 0.4) is 0 Å². The molecule has 202 valence electrons. The fourth-order valence-electron chi connectivity index (χ4n) is 3.73. The zero-order valence-corrected chi connectivity index (χ0v) is 21.6. The van der Waals surface area contributed by atoms with Crippen molar-refractivity contribution in [2.24, 2.45) is 0 Å². The molecule has 12 heteroatoms. The van der Waals surface area contributed by atoms with E-state index in [0.717, 1.165) is 4.90 Å². The highest BCUT2D eigenvalue weighted by molar-refractivity contribution is 6.32. The Bertz CT molecular complexity index is 1480. The minimum atomic E-state index is -1.05. The number of aromatic carboxylic acids is 1. The second kappa shape index (κ2) is 11.7. The molecular weight excluding hydrogens is 532 g/mol. The van der Waals surface area contributed by atoms with E-state index in [0.29, 0.717) is 23.5 Å². The van der Waals surface area contributed by atoms with Crippen LogP contribution < -0.4 is 14.8 Å². The van der Waals surface area contributed by atoms with E-state index in [9.17, 15) is 24.3 Å². The van der Waals surface area contributed by atoms with E-state index in [4.69, 9.17) is 25.5 Å². The van der Waals surface area contributed by atoms with Crippen molar-refractivity contribution in [3.8, 4) is 11.5 Å². The summed E-state index contributed by atoms with van der Waals surface area (Å²) in [6.07, 6.45) is 1.44. The van der Waals surface area contributed by atoms with Crippen LogP contribution in [0, 0.1) is 0 Å². The molecule has 39 heavy (non-hydrogen) atoms. The minimum Gasteiger partial charge on any atom is -0.490 e. The van der Waals surface area contributed by atoms with Crippen LogP contribution in [-0.2, 0) is 22.7 Å². The Balaban J connectivity index is 1.53. The van der Waals surface area contributed by atoms with E-state index in [1.165, 1.54) is 43.5 Å². The number of halogens is 1. The molecular formula is C27H23ClN2O9. The fraction of sp³-hybridized carbons (Fsp3) is 0.185. The summed E-state index contributed by atoms with van der Waals surface area (Å²) in [7, 11) is 1.21. The van der Waals surface area contributed by atoms with E-state index in [1.807, 2.05) is 0 Å². The number of urea groups is 1. The van der Waals surface area contributed by atoms with E-state index < -0.39 is 23.9 Å². The van der Waals surface area contributed by atoms with Gasteiger partial charge in [0.2, 0.25) is 5.76 Å². The van der Waals surface area contributed by atoms with Gasteiger partial charge in [0.25, 0.3) is 5.91 Å². The average Bonchev–Trinajstić information content (AvgIpc) is 3.48. The molecule has 4 rings (SSSR count). The number of methoxy groups -OCH3 is 1. The van der Waals surface area contributed by atoms with Gasteiger partial charge in [-0.15, -0.1) is 0 Å². The van der Waals surface area contributed by atoms with Gasteiger partial charge in [0.05, 0.1) is 30.8 Å². The SMILES string of the molecule is CCOc1cc(/C=C2\NC(=O)N(Cc3ccc(C(=O)OC)o3)C2=O)cc(Cl)c1OCc1cccc(C(=O)O)c1. The molecule has 0 spiro atoms. The molecule has 1 saturated heterocycles. The molecule has 0 radical (unpaired) electrons. The number of hydrogen-bond donors (Lipinski definition) is 2. The number of nitrogens with one attached hydrogen (secondary N) is 1. The van der Waals surface area contributed by atoms with Gasteiger partial charge in [-0.25, -0.2) is 14.4 Å². The first kappa shape index (κ1) is 27.3. The highest BCUT2D eigenvalue weighted by Gasteiger charge is 2.34. The number of ether oxygens (including phenoxy) is 3. The molecule has 0 unspecified atom stereocenters. The number of hydrogen-bond acceptors (Lipinski definition) is 8. The van der Waals surface area contributed by atoms with Gasteiger partial charge in [0.1, 0.15) is 18.1 Å². The number of benzene rings is 2. The number of carbonyl (C=O) groups excluding carboxylic acids is 3. The molecule has 0 bridgehead atoms. The highest BCUT2D eigenvalue weighted by Crippen LogP contribution is 2.38. The predicted octanol–water partition coefficient (Wildman–Crippen LogP) is 4.49. The van der Waals surface area contributed by atoms with Crippen LogP contribution in [-0.4, -0.2) is 47.6 Å². The van der Waals surface area contributed by atoms with Crippen molar-refractivity contribution in [3.63, 3.8) is 0 Å². The summed E-state index contributed by atoms with van der Waals surface area (Å²) in [4.78, 5) is 49.2. The molecule has 1 aliphatic heterocycles. The molecule has 0 atom stereocenters. The van der Waals surface area contributed by atoms with Crippen molar-refractivity contribution < 1.29 is 42.9 Å². The van der Waals surface area contributed by atoms with Crippen LogP contribution in [0.1, 0.15) is 44.7 Å². The minimum absolute atomic E-state index is 0.00239. The molecule has 3 aromatic rings. The molecule has 11 nitrogen and oxygen atoms in total. The molecule has 0 aliphatic carbocycles. The lowest BCUT2D eigenvalue weighted by molar-refractivity contribution is -0.123. The number of carboxylic acids is 1. The van der Waals surface area contributed by atoms with Crippen molar-refractivity contribution in [1.82, 2.24) is 10.2 Å². The van der Waals surface area contributed by atoms with Crippen LogP contribution in [0.2, 0.25) is 5.02 Å². The summed E-state index contributed by atoms with van der Waals surface area (Å²) in [6.45, 7) is 1.91. The Hall–Kier alpha value is -4.77. The largest absolute Gasteiger partial charge is 0.490 e. The Morgan fingerprint density at radius 1 is 1.13 bits per heavy atom. The summed E-state index contributed by atoms with van der Waals surface area (Å²) >= 11 is 6.48. The van der Waals surface area contributed by atoms with Gasteiger partial charge in [-0.2, -0.15) is 0 Å². The van der Waals surface area contributed by atoms with E-state index in [1.54, 1.807) is 25.1 Å². The zero-order chi connectivity index (χ0) is 28.1. The van der Waals surface area contributed by atoms with Crippen molar-refractivity contribution in [3.05, 3.63) is 87.5 Å². The van der Waals surface area contributed by atoms with Crippen LogP contribution >= 0.6 is 11.6 Å². The second-order valence-corrected chi connectivity index (χ2v) is 8.60. The van der Waals surface area contributed by atoms with Crippen molar-refractivity contribution >= 4 is 41.6 Å². The number of amides is 3. The van der Waals surface area contributed by atoms with Crippen molar-refractivity contribution in [2.75, 3.05) is 13.7 Å². The first-order valence-corrected chi connectivity index (χ1v) is 12.0. The highest BCUT2D eigenvalue weighted by atomic mass is 35.5. The quantitative estimate of drug-likeness (QED) is 0.210. The molecule has 1 fully saturated rings. The Morgan fingerprint density at radius 2 is 1.92 bits per heavy atom. The number of carboxylic acid groups (broad SMARTS) is 1. The third kappa shape index (κ3) is 6.21. The molecule has 3 amide bonds. The maximum atomic E-state index is 12.9. The Labute approximate surface area is 227 Å². The summed E-state index contributed by atoms with van der Waals surface area (Å²) < 4.78 is 21.5. The number of rotatable bonds is 10. The lowest BCUT2D eigenvalue weighted by Gasteiger charge is -2.15. The standard InChI is InChI=1S/C27H23ClN2O9/c1-3-37-22-12-16(10-19(28)23(22)38-14-15-5-4-6-17(9-15)25(32)33)11-20-24(31)30(27(35)29-20)13-18-7-8-21(39-18)26(34)36-2/h4-12H,3,13-14H2,1-2H3,(H,29,35)(H,32,33)/b20-11-. The maximum absolute atomic E-state index is 12.9. The van der Waals surface area contributed by atoms with Gasteiger partial charge in [-0.3, -0.25) is 9.69 Å². The number of esters is 1. The Morgan fingerprint density at radius 3 is 2.64 bits per heavy atom. The third-order valence-electron chi connectivity index (χ3n) is 5.52. The van der Waals surface area contributed by atoms with Crippen LogP contribution in [0.15, 0.2) is 58.6 Å². The zero-order valence-electron chi connectivity index (χ0n) is 20.9. The smallest absolute Gasteiger partial charge is 0.373 e. The summed E-state index contributed by atoms with van der Waals surface area (Å²) in [5.74, 6) is -1.63. The van der Waals surface area contributed by atoms with Crippen LogP contribution in [0.5, 0.6) is 11.5 Å². The summed E-state index contributed by atoms with van der Waals surface area (Å²) in [6, 6.07) is 11.6. The lowest BCUT2D eigenvalue weighted by atomic mass is 10.1. The molecule has 0 saturated carbocycles. The topological polar surface area (TPSA) is 145 Å². The maximum Gasteiger partial charge on any atom is 0.373 e. The molecule has 1 aliphatic rings. The number of imide groups is 1. The molecule has 2 aromatic carbocycles. The first-order chi connectivity index (χ1) is 18.7. The average molecular weight is 555 g/mol. The normalized spacial score (nSPS) is 13.9. The van der Waals surface area contributed by atoms with Gasteiger partial charge in [-0.1, -0.05) is 23.7 Å². The molecule has 1 aromatic heterocycles. The first-order valence-electron chi connectivity index (χ1n) is 11.6. The monoisotopic (exact) mass is 554 g/mol. The van der Waals surface area contributed by atoms with E-state index in [-0.39, 0.29) is 46.7 Å². The lowest BCUT2D eigenvalue weighted by Crippen LogP contribution is -2.30.